The zero-order valence-corrected chi connectivity index (χ0v) is 21.5. The quantitative estimate of drug-likeness (QED) is 0.408. The van der Waals surface area contributed by atoms with Crippen LogP contribution in [0.2, 0.25) is 0 Å². The SMILES string of the molecule is Cl.Cl.N[C@@H](Cc1ccc(O)cc1)C(=O)N1CCC[C@H]1N(C=O)[C@@H](Cc1ccccn1)c1ccccc1. The minimum absolute atomic E-state index is 0. The van der Waals surface area contributed by atoms with Gasteiger partial charge < -0.3 is 20.6 Å². The molecule has 2 heterocycles. The molecule has 0 spiro atoms. The van der Waals surface area contributed by atoms with E-state index in [9.17, 15) is 14.7 Å². The van der Waals surface area contributed by atoms with Gasteiger partial charge in [-0.15, -0.1) is 24.8 Å². The van der Waals surface area contributed by atoms with Crippen LogP contribution in [0.1, 0.15) is 35.7 Å². The first-order valence-electron chi connectivity index (χ1n) is 11.6. The first-order valence-corrected chi connectivity index (χ1v) is 11.6. The van der Waals surface area contributed by atoms with Crippen molar-refractivity contribution >= 4 is 37.1 Å². The zero-order valence-electron chi connectivity index (χ0n) is 19.8. The van der Waals surface area contributed by atoms with E-state index in [-0.39, 0.29) is 48.7 Å². The molecule has 2 amide bonds. The van der Waals surface area contributed by atoms with Crippen molar-refractivity contribution < 1.29 is 14.7 Å². The van der Waals surface area contributed by atoms with E-state index in [1.807, 2.05) is 48.5 Å². The Balaban J connectivity index is 0.00000228. The van der Waals surface area contributed by atoms with Gasteiger partial charge in [-0.25, -0.2) is 0 Å². The maximum Gasteiger partial charge on any atom is 0.241 e. The summed E-state index contributed by atoms with van der Waals surface area (Å²) in [6.45, 7) is 0.558. The molecule has 1 aliphatic heterocycles. The van der Waals surface area contributed by atoms with Crippen LogP contribution in [0.3, 0.4) is 0 Å². The van der Waals surface area contributed by atoms with Gasteiger partial charge in [-0.3, -0.25) is 14.6 Å². The van der Waals surface area contributed by atoms with Crippen LogP contribution in [0.25, 0.3) is 0 Å². The predicted octanol–water partition coefficient (Wildman–Crippen LogP) is 3.89. The number of nitrogens with two attached hydrogens (primary N) is 1. The van der Waals surface area contributed by atoms with Crippen molar-refractivity contribution in [2.75, 3.05) is 6.54 Å². The Morgan fingerprint density at radius 2 is 1.75 bits per heavy atom. The van der Waals surface area contributed by atoms with E-state index in [1.165, 1.54) is 0 Å². The molecule has 1 saturated heterocycles. The van der Waals surface area contributed by atoms with Crippen LogP contribution >= 0.6 is 24.8 Å². The van der Waals surface area contributed by atoms with Gasteiger partial charge >= 0.3 is 0 Å². The van der Waals surface area contributed by atoms with Crippen LogP contribution in [0.5, 0.6) is 5.75 Å². The largest absolute Gasteiger partial charge is 0.508 e. The Morgan fingerprint density at radius 3 is 2.39 bits per heavy atom. The zero-order chi connectivity index (χ0) is 23.9. The third kappa shape index (κ3) is 6.97. The Labute approximate surface area is 224 Å². The highest BCUT2D eigenvalue weighted by Crippen LogP contribution is 2.31. The molecule has 192 valence electrons. The van der Waals surface area contributed by atoms with E-state index in [1.54, 1.807) is 40.3 Å². The minimum Gasteiger partial charge on any atom is -0.508 e. The lowest BCUT2D eigenvalue weighted by atomic mass is 9.99. The number of amides is 2. The minimum atomic E-state index is -0.732. The number of aromatic hydroxyl groups is 1. The van der Waals surface area contributed by atoms with Gasteiger partial charge in [0.15, 0.2) is 0 Å². The molecule has 36 heavy (non-hydrogen) atoms. The van der Waals surface area contributed by atoms with Crippen molar-refractivity contribution in [3.63, 3.8) is 0 Å². The van der Waals surface area contributed by atoms with E-state index in [0.717, 1.165) is 29.7 Å². The monoisotopic (exact) mass is 530 g/mol. The Kier molecular flexibility index (Phi) is 11.2. The van der Waals surface area contributed by atoms with Crippen molar-refractivity contribution in [1.29, 1.82) is 0 Å². The van der Waals surface area contributed by atoms with Crippen LogP contribution in [0.4, 0.5) is 0 Å². The van der Waals surface area contributed by atoms with Crippen LogP contribution in [0.15, 0.2) is 79.0 Å². The molecule has 2 aromatic carbocycles. The average Bonchev–Trinajstić information content (AvgIpc) is 3.35. The van der Waals surface area contributed by atoms with Gasteiger partial charge in [-0.05, 0) is 54.7 Å². The summed E-state index contributed by atoms with van der Waals surface area (Å²) in [6, 6.07) is 21.3. The third-order valence-corrected chi connectivity index (χ3v) is 6.35. The Hall–Kier alpha value is -3.13. The fraction of sp³-hybridized carbons (Fsp3) is 0.296. The third-order valence-electron chi connectivity index (χ3n) is 6.35. The summed E-state index contributed by atoms with van der Waals surface area (Å²) in [5.41, 5.74) is 9.06. The number of rotatable bonds is 9. The maximum absolute atomic E-state index is 13.4. The number of hydrogen-bond acceptors (Lipinski definition) is 5. The summed E-state index contributed by atoms with van der Waals surface area (Å²) >= 11 is 0. The Bertz CT molecular complexity index is 1090. The molecule has 1 aliphatic rings. The van der Waals surface area contributed by atoms with E-state index < -0.39 is 6.04 Å². The van der Waals surface area contributed by atoms with E-state index in [2.05, 4.69) is 4.98 Å². The van der Waals surface area contributed by atoms with Crippen LogP contribution in [-0.4, -0.2) is 51.0 Å². The van der Waals surface area contributed by atoms with Gasteiger partial charge in [0.25, 0.3) is 0 Å². The van der Waals surface area contributed by atoms with Crippen molar-refractivity contribution in [1.82, 2.24) is 14.8 Å². The highest BCUT2D eigenvalue weighted by Gasteiger charge is 2.38. The lowest BCUT2D eigenvalue weighted by molar-refractivity contribution is -0.141. The first kappa shape index (κ1) is 29.1. The van der Waals surface area contributed by atoms with Crippen LogP contribution in [-0.2, 0) is 22.4 Å². The molecule has 0 aliphatic carbocycles. The Morgan fingerprint density at radius 1 is 1.06 bits per heavy atom. The molecule has 0 radical (unpaired) electrons. The average molecular weight is 531 g/mol. The first-order chi connectivity index (χ1) is 16.6. The fourth-order valence-corrected chi connectivity index (χ4v) is 4.64. The molecular formula is C27H32Cl2N4O3. The number of hydrogen-bond donors (Lipinski definition) is 2. The maximum atomic E-state index is 13.4. The van der Waals surface area contributed by atoms with Gasteiger partial charge in [0.05, 0.1) is 12.1 Å². The molecule has 0 saturated carbocycles. The van der Waals surface area contributed by atoms with E-state index in [0.29, 0.717) is 25.8 Å². The molecule has 3 aromatic rings. The highest BCUT2D eigenvalue weighted by molar-refractivity contribution is 5.85. The second-order valence-electron chi connectivity index (χ2n) is 8.64. The van der Waals surface area contributed by atoms with Crippen LogP contribution in [0, 0.1) is 0 Å². The summed E-state index contributed by atoms with van der Waals surface area (Å²) in [5.74, 6) is -0.00295. The number of likely N-dealkylation sites (tertiary alicyclic amines) is 1. The number of phenolic OH excluding ortho intramolecular Hbond substituents is 1. The van der Waals surface area contributed by atoms with Crippen LogP contribution < -0.4 is 5.73 Å². The van der Waals surface area contributed by atoms with Gasteiger partial charge in [0.2, 0.25) is 12.3 Å². The van der Waals surface area contributed by atoms with Crippen molar-refractivity contribution in [3.05, 3.63) is 95.8 Å². The summed E-state index contributed by atoms with van der Waals surface area (Å²) in [5, 5.41) is 9.50. The summed E-state index contributed by atoms with van der Waals surface area (Å²) in [7, 11) is 0. The number of pyridine rings is 1. The normalized spacial score (nSPS) is 16.2. The van der Waals surface area contributed by atoms with Gasteiger partial charge in [-0.1, -0.05) is 48.5 Å². The van der Waals surface area contributed by atoms with Crippen molar-refractivity contribution in [3.8, 4) is 5.75 Å². The van der Waals surface area contributed by atoms with Crippen molar-refractivity contribution in [2.24, 2.45) is 5.73 Å². The highest BCUT2D eigenvalue weighted by atomic mass is 35.5. The topological polar surface area (TPSA) is 99.8 Å². The predicted molar refractivity (Wildman–Crippen MR) is 144 cm³/mol. The number of benzene rings is 2. The molecule has 7 nitrogen and oxygen atoms in total. The second-order valence-corrected chi connectivity index (χ2v) is 8.64. The summed E-state index contributed by atoms with van der Waals surface area (Å²) in [6.07, 6.45) is 4.63. The fourth-order valence-electron chi connectivity index (χ4n) is 4.64. The number of carbonyl (C=O) groups is 2. The van der Waals surface area contributed by atoms with Gasteiger partial charge in [-0.2, -0.15) is 0 Å². The summed E-state index contributed by atoms with van der Waals surface area (Å²) in [4.78, 5) is 33.8. The number of carbonyl (C=O) groups excluding carboxylic acids is 2. The lowest BCUT2D eigenvalue weighted by Gasteiger charge is -2.39. The second kappa shape index (κ2) is 13.8. The molecule has 4 rings (SSSR count). The van der Waals surface area contributed by atoms with Crippen molar-refractivity contribution in [2.45, 2.75) is 43.9 Å². The number of aromatic nitrogens is 1. The molecular weight excluding hydrogens is 499 g/mol. The number of phenols is 1. The van der Waals surface area contributed by atoms with Gasteiger partial charge in [0.1, 0.15) is 11.9 Å². The lowest BCUT2D eigenvalue weighted by Crippen LogP contribution is -2.53. The van der Waals surface area contributed by atoms with E-state index in [4.69, 9.17) is 5.73 Å². The molecule has 1 fully saturated rings. The van der Waals surface area contributed by atoms with E-state index >= 15 is 0 Å². The molecule has 0 unspecified atom stereocenters. The number of nitrogens with zero attached hydrogens (tertiary/aromatic N) is 3. The van der Waals surface area contributed by atoms with Gasteiger partial charge in [0, 0.05) is 24.9 Å². The number of halogens is 2. The molecule has 3 N–H and O–H groups in total. The molecule has 3 atom stereocenters. The standard InChI is InChI=1S/C27H30N4O3.2ClH/c28-24(17-20-11-13-23(33)14-12-20)27(34)30-16-6-10-26(30)31(19-32)25(21-7-2-1-3-8-21)18-22-9-4-5-15-29-22;;/h1-5,7-9,11-15,19,24-26,33H,6,10,16-18,28H2;2*1H/t24-,25-,26+;;/m0../s1. The molecule has 0 bridgehead atoms. The summed E-state index contributed by atoms with van der Waals surface area (Å²) < 4.78 is 0. The molecule has 1 aromatic heterocycles. The smallest absolute Gasteiger partial charge is 0.241 e. The molecule has 9 heteroatoms.